The average molecular weight is 275 g/mol. The molecule has 0 fully saturated rings. The first-order valence-corrected chi connectivity index (χ1v) is 6.43. The normalized spacial score (nSPS) is 10.3. The van der Waals surface area contributed by atoms with E-state index in [1.807, 2.05) is 43.3 Å². The van der Waals surface area contributed by atoms with Gasteiger partial charge in [0.05, 0.1) is 0 Å². The number of Topliss-reactive ketones (excluding diaryl/α,β-unsaturated/α-hetero) is 1. The minimum absolute atomic E-state index is 0.0563. The summed E-state index contributed by atoms with van der Waals surface area (Å²) in [5, 5.41) is 0.695. The summed E-state index contributed by atoms with van der Waals surface area (Å²) in [6.07, 6.45) is 0. The fourth-order valence-corrected chi connectivity index (χ4v) is 1.99. The number of carbonyl (C=O) groups excluding carboxylic acids is 1. The first kappa shape index (κ1) is 13.6. The molecule has 0 amide bonds. The minimum Gasteiger partial charge on any atom is -0.489 e. The van der Waals surface area contributed by atoms with Crippen molar-refractivity contribution < 1.29 is 9.53 Å². The average Bonchev–Trinajstić information content (AvgIpc) is 2.39. The third-order valence-corrected chi connectivity index (χ3v) is 3.29. The molecule has 0 spiro atoms. The highest BCUT2D eigenvalue weighted by Gasteiger charge is 2.06. The Kier molecular flexibility index (Phi) is 4.23. The Balaban J connectivity index is 2.12. The number of ketones is 1. The molecular formula is C16H15ClO2. The van der Waals surface area contributed by atoms with Crippen LogP contribution in [0.3, 0.4) is 0 Å². The van der Waals surface area contributed by atoms with Crippen LogP contribution < -0.4 is 4.74 Å². The molecule has 0 heterocycles. The fourth-order valence-electron chi connectivity index (χ4n) is 1.80. The van der Waals surface area contributed by atoms with Crippen LogP contribution in [0.1, 0.15) is 28.4 Å². The summed E-state index contributed by atoms with van der Waals surface area (Å²) in [6.45, 7) is 3.90. The number of hydrogen-bond donors (Lipinski definition) is 0. The molecule has 98 valence electrons. The molecule has 0 unspecified atom stereocenters. The SMILES string of the molecule is CC(=O)c1ccc(OCc2ccccc2Cl)c(C)c1. The molecule has 0 radical (unpaired) electrons. The number of aryl methyl sites for hydroxylation is 1. The molecule has 19 heavy (non-hydrogen) atoms. The van der Waals surface area contributed by atoms with Gasteiger partial charge in [0.2, 0.25) is 0 Å². The summed E-state index contributed by atoms with van der Waals surface area (Å²) >= 11 is 6.07. The summed E-state index contributed by atoms with van der Waals surface area (Å²) < 4.78 is 5.74. The number of ether oxygens (including phenoxy) is 1. The van der Waals surface area contributed by atoms with Crippen LogP contribution in [-0.4, -0.2) is 5.78 Å². The van der Waals surface area contributed by atoms with E-state index in [9.17, 15) is 4.79 Å². The Morgan fingerprint density at radius 3 is 2.58 bits per heavy atom. The molecule has 0 aliphatic heterocycles. The third-order valence-electron chi connectivity index (χ3n) is 2.92. The van der Waals surface area contributed by atoms with Crippen LogP contribution in [0.4, 0.5) is 0 Å². The van der Waals surface area contributed by atoms with Crippen LogP contribution in [0.2, 0.25) is 5.02 Å². The maximum atomic E-state index is 11.3. The zero-order valence-corrected chi connectivity index (χ0v) is 11.7. The van der Waals surface area contributed by atoms with E-state index in [1.54, 1.807) is 13.0 Å². The monoisotopic (exact) mass is 274 g/mol. The second-order valence-corrected chi connectivity index (χ2v) is 4.82. The van der Waals surface area contributed by atoms with Crippen molar-refractivity contribution in [2.24, 2.45) is 0 Å². The van der Waals surface area contributed by atoms with Crippen molar-refractivity contribution in [3.63, 3.8) is 0 Å². The highest BCUT2D eigenvalue weighted by atomic mass is 35.5. The molecule has 2 nitrogen and oxygen atoms in total. The molecule has 2 aromatic rings. The number of halogens is 1. The summed E-state index contributed by atoms with van der Waals surface area (Å²) in [7, 11) is 0. The Morgan fingerprint density at radius 1 is 1.21 bits per heavy atom. The molecular weight excluding hydrogens is 260 g/mol. The van der Waals surface area contributed by atoms with Crippen molar-refractivity contribution in [3.8, 4) is 5.75 Å². The van der Waals surface area contributed by atoms with E-state index < -0.39 is 0 Å². The van der Waals surface area contributed by atoms with E-state index in [0.29, 0.717) is 17.2 Å². The number of carbonyl (C=O) groups is 1. The molecule has 0 bridgehead atoms. The van der Waals surface area contributed by atoms with Crippen molar-refractivity contribution in [2.45, 2.75) is 20.5 Å². The van der Waals surface area contributed by atoms with Gasteiger partial charge in [-0.3, -0.25) is 4.79 Å². The standard InChI is InChI=1S/C16H15ClO2/c1-11-9-13(12(2)18)7-8-16(11)19-10-14-5-3-4-6-15(14)17/h3-9H,10H2,1-2H3. The Bertz CT molecular complexity index is 605. The van der Waals surface area contributed by atoms with Crippen LogP contribution in [0.5, 0.6) is 5.75 Å². The maximum absolute atomic E-state index is 11.3. The third kappa shape index (κ3) is 3.36. The van der Waals surface area contributed by atoms with Crippen LogP contribution in [-0.2, 0) is 6.61 Å². The smallest absolute Gasteiger partial charge is 0.159 e. The summed E-state index contributed by atoms with van der Waals surface area (Å²) in [5.74, 6) is 0.825. The van der Waals surface area contributed by atoms with Crippen molar-refractivity contribution in [1.29, 1.82) is 0 Å². The van der Waals surface area contributed by atoms with Crippen molar-refractivity contribution in [1.82, 2.24) is 0 Å². The van der Waals surface area contributed by atoms with E-state index in [4.69, 9.17) is 16.3 Å². The first-order chi connectivity index (χ1) is 9.08. The highest BCUT2D eigenvalue weighted by molar-refractivity contribution is 6.31. The Morgan fingerprint density at radius 2 is 1.95 bits per heavy atom. The molecule has 0 saturated heterocycles. The molecule has 0 saturated carbocycles. The summed E-state index contributed by atoms with van der Waals surface area (Å²) in [4.78, 5) is 11.3. The fraction of sp³-hybridized carbons (Fsp3) is 0.188. The zero-order valence-electron chi connectivity index (χ0n) is 10.9. The molecule has 0 aromatic heterocycles. The van der Waals surface area contributed by atoms with Crippen LogP contribution in [0, 0.1) is 6.92 Å². The molecule has 0 aliphatic carbocycles. The minimum atomic E-state index is 0.0563. The quantitative estimate of drug-likeness (QED) is 0.771. The molecule has 0 N–H and O–H groups in total. The van der Waals surface area contributed by atoms with Crippen LogP contribution in [0.15, 0.2) is 42.5 Å². The Hall–Kier alpha value is -1.80. The van der Waals surface area contributed by atoms with Crippen molar-refractivity contribution in [2.75, 3.05) is 0 Å². The highest BCUT2D eigenvalue weighted by Crippen LogP contribution is 2.22. The first-order valence-electron chi connectivity index (χ1n) is 6.05. The summed E-state index contributed by atoms with van der Waals surface area (Å²) in [5.41, 5.74) is 2.58. The largest absolute Gasteiger partial charge is 0.489 e. The lowest BCUT2D eigenvalue weighted by Gasteiger charge is -2.11. The molecule has 0 aliphatic rings. The number of benzene rings is 2. The second kappa shape index (κ2) is 5.89. The van der Waals surface area contributed by atoms with E-state index in [2.05, 4.69) is 0 Å². The lowest BCUT2D eigenvalue weighted by molar-refractivity contribution is 0.101. The number of rotatable bonds is 4. The van der Waals surface area contributed by atoms with Gasteiger partial charge in [-0.1, -0.05) is 29.8 Å². The van der Waals surface area contributed by atoms with Gasteiger partial charge in [-0.25, -0.2) is 0 Å². The zero-order chi connectivity index (χ0) is 13.8. The van der Waals surface area contributed by atoms with Crippen molar-refractivity contribution >= 4 is 17.4 Å². The number of hydrogen-bond acceptors (Lipinski definition) is 2. The van der Waals surface area contributed by atoms with Gasteiger partial charge in [-0.05, 0) is 43.7 Å². The topological polar surface area (TPSA) is 26.3 Å². The Labute approximate surface area is 118 Å². The van der Waals surface area contributed by atoms with E-state index in [-0.39, 0.29) is 5.78 Å². The molecule has 3 heteroatoms. The van der Waals surface area contributed by atoms with Gasteiger partial charge in [0, 0.05) is 16.1 Å². The van der Waals surface area contributed by atoms with Crippen LogP contribution >= 0.6 is 11.6 Å². The maximum Gasteiger partial charge on any atom is 0.159 e. The second-order valence-electron chi connectivity index (χ2n) is 4.42. The van der Waals surface area contributed by atoms with Gasteiger partial charge in [0.15, 0.2) is 5.78 Å². The predicted octanol–water partition coefficient (Wildman–Crippen LogP) is 4.43. The van der Waals surface area contributed by atoms with Crippen LogP contribution in [0.25, 0.3) is 0 Å². The molecule has 2 rings (SSSR count). The van der Waals surface area contributed by atoms with Gasteiger partial charge >= 0.3 is 0 Å². The van der Waals surface area contributed by atoms with E-state index in [0.717, 1.165) is 16.9 Å². The van der Waals surface area contributed by atoms with Crippen molar-refractivity contribution in [3.05, 3.63) is 64.2 Å². The lowest BCUT2D eigenvalue weighted by atomic mass is 10.1. The van der Waals surface area contributed by atoms with Gasteiger partial charge in [0.25, 0.3) is 0 Å². The summed E-state index contributed by atoms with van der Waals surface area (Å²) in [6, 6.07) is 13.0. The lowest BCUT2D eigenvalue weighted by Crippen LogP contribution is -1.99. The van der Waals surface area contributed by atoms with Gasteiger partial charge in [0.1, 0.15) is 12.4 Å². The predicted molar refractivity (Wildman–Crippen MR) is 77.0 cm³/mol. The van der Waals surface area contributed by atoms with Gasteiger partial charge < -0.3 is 4.74 Å². The van der Waals surface area contributed by atoms with Gasteiger partial charge in [-0.2, -0.15) is 0 Å². The molecule has 2 aromatic carbocycles. The molecule has 0 atom stereocenters. The van der Waals surface area contributed by atoms with E-state index >= 15 is 0 Å². The van der Waals surface area contributed by atoms with Gasteiger partial charge in [-0.15, -0.1) is 0 Å². The van der Waals surface area contributed by atoms with E-state index in [1.165, 1.54) is 0 Å².